The van der Waals surface area contributed by atoms with Gasteiger partial charge in [-0.3, -0.25) is 0 Å². The van der Waals surface area contributed by atoms with Gasteiger partial charge in [0.15, 0.2) is 5.69 Å². The van der Waals surface area contributed by atoms with Crippen LogP contribution in [0, 0.1) is 0 Å². The van der Waals surface area contributed by atoms with Crippen molar-refractivity contribution in [1.29, 1.82) is 0 Å². The minimum atomic E-state index is -0.446. The van der Waals surface area contributed by atoms with Gasteiger partial charge in [0.2, 0.25) is 5.88 Å². The highest BCUT2D eigenvalue weighted by Gasteiger charge is 2.14. The SMILES string of the molecule is COC(=O)c1ccc2c(n1)OCCNC2. The van der Waals surface area contributed by atoms with E-state index in [2.05, 4.69) is 15.0 Å². The van der Waals surface area contributed by atoms with E-state index < -0.39 is 5.97 Å². The number of hydrogen-bond acceptors (Lipinski definition) is 5. The van der Waals surface area contributed by atoms with Gasteiger partial charge in [-0.25, -0.2) is 9.78 Å². The number of aromatic nitrogens is 1. The third-order valence-corrected chi connectivity index (χ3v) is 2.17. The molecule has 1 N–H and O–H groups in total. The van der Waals surface area contributed by atoms with Crippen LogP contribution in [-0.4, -0.2) is 31.2 Å². The number of carbonyl (C=O) groups excluding carboxylic acids is 1. The molecule has 1 aromatic rings. The second kappa shape index (κ2) is 4.27. The van der Waals surface area contributed by atoms with Crippen molar-refractivity contribution in [2.75, 3.05) is 20.3 Å². The van der Waals surface area contributed by atoms with Crippen molar-refractivity contribution in [3.05, 3.63) is 23.4 Å². The lowest BCUT2D eigenvalue weighted by atomic mass is 10.2. The highest BCUT2D eigenvalue weighted by molar-refractivity contribution is 5.87. The van der Waals surface area contributed by atoms with Crippen LogP contribution in [-0.2, 0) is 11.3 Å². The number of fused-ring (bicyclic) bond motifs is 1. The molecule has 0 saturated carbocycles. The molecule has 0 unspecified atom stereocenters. The van der Waals surface area contributed by atoms with Crippen molar-refractivity contribution >= 4 is 5.97 Å². The molecule has 0 atom stereocenters. The lowest BCUT2D eigenvalue weighted by molar-refractivity contribution is 0.0593. The van der Waals surface area contributed by atoms with E-state index in [4.69, 9.17) is 4.74 Å². The second-order valence-corrected chi connectivity index (χ2v) is 3.18. The van der Waals surface area contributed by atoms with E-state index in [1.54, 1.807) is 6.07 Å². The topological polar surface area (TPSA) is 60.5 Å². The molecule has 2 rings (SSSR count). The lowest BCUT2D eigenvalue weighted by Gasteiger charge is -2.06. The molecule has 5 heteroatoms. The van der Waals surface area contributed by atoms with Crippen LogP contribution in [0.2, 0.25) is 0 Å². The lowest BCUT2D eigenvalue weighted by Crippen LogP contribution is -2.16. The number of ether oxygens (including phenoxy) is 2. The van der Waals surface area contributed by atoms with Crippen molar-refractivity contribution in [2.45, 2.75) is 6.54 Å². The molecule has 1 aromatic heterocycles. The predicted molar refractivity (Wildman–Crippen MR) is 52.8 cm³/mol. The van der Waals surface area contributed by atoms with Crippen LogP contribution < -0.4 is 10.1 Å². The molecule has 15 heavy (non-hydrogen) atoms. The fraction of sp³-hybridized carbons (Fsp3) is 0.400. The van der Waals surface area contributed by atoms with Gasteiger partial charge in [-0.15, -0.1) is 0 Å². The standard InChI is InChI=1S/C10H12N2O3/c1-14-10(13)8-3-2-7-6-11-4-5-15-9(7)12-8/h2-3,11H,4-6H2,1H3. The first-order chi connectivity index (χ1) is 7.31. The molecular formula is C10H12N2O3. The van der Waals surface area contributed by atoms with E-state index in [9.17, 15) is 4.79 Å². The Bertz CT molecular complexity index is 379. The van der Waals surface area contributed by atoms with Crippen molar-refractivity contribution in [1.82, 2.24) is 10.3 Å². The van der Waals surface area contributed by atoms with E-state index in [1.807, 2.05) is 6.07 Å². The Kier molecular flexibility index (Phi) is 2.82. The van der Waals surface area contributed by atoms with Crippen LogP contribution in [0.1, 0.15) is 16.1 Å². The Morgan fingerprint density at radius 1 is 1.60 bits per heavy atom. The molecule has 0 fully saturated rings. The fourth-order valence-electron chi connectivity index (χ4n) is 1.39. The van der Waals surface area contributed by atoms with Crippen molar-refractivity contribution in [2.24, 2.45) is 0 Å². The minimum Gasteiger partial charge on any atom is -0.476 e. The number of carbonyl (C=O) groups is 1. The Labute approximate surface area is 87.4 Å². The average Bonchev–Trinajstić information content (AvgIpc) is 2.51. The minimum absolute atomic E-state index is 0.276. The molecule has 0 radical (unpaired) electrons. The largest absolute Gasteiger partial charge is 0.476 e. The van der Waals surface area contributed by atoms with E-state index in [1.165, 1.54) is 7.11 Å². The van der Waals surface area contributed by atoms with Gasteiger partial charge in [-0.1, -0.05) is 0 Å². The Hall–Kier alpha value is -1.62. The van der Waals surface area contributed by atoms with E-state index in [-0.39, 0.29) is 5.69 Å². The summed E-state index contributed by atoms with van der Waals surface area (Å²) in [6.07, 6.45) is 0. The molecule has 0 spiro atoms. The van der Waals surface area contributed by atoms with Gasteiger partial charge in [-0.2, -0.15) is 0 Å². The summed E-state index contributed by atoms with van der Waals surface area (Å²) in [7, 11) is 1.33. The first kappa shape index (κ1) is 9.92. The van der Waals surface area contributed by atoms with Crippen LogP contribution in [0.5, 0.6) is 5.88 Å². The zero-order valence-electron chi connectivity index (χ0n) is 8.45. The third-order valence-electron chi connectivity index (χ3n) is 2.17. The molecule has 5 nitrogen and oxygen atoms in total. The van der Waals surface area contributed by atoms with Crippen molar-refractivity contribution in [3.63, 3.8) is 0 Å². The van der Waals surface area contributed by atoms with Gasteiger partial charge in [0.05, 0.1) is 7.11 Å². The van der Waals surface area contributed by atoms with Gasteiger partial charge >= 0.3 is 5.97 Å². The van der Waals surface area contributed by atoms with Gasteiger partial charge in [-0.05, 0) is 12.1 Å². The maximum Gasteiger partial charge on any atom is 0.356 e. The molecule has 2 heterocycles. The number of rotatable bonds is 1. The number of nitrogens with one attached hydrogen (secondary N) is 1. The second-order valence-electron chi connectivity index (χ2n) is 3.18. The van der Waals surface area contributed by atoms with Crippen molar-refractivity contribution < 1.29 is 14.3 Å². The predicted octanol–water partition coefficient (Wildman–Crippen LogP) is 0.350. The number of methoxy groups -OCH3 is 1. The van der Waals surface area contributed by atoms with Crippen LogP contribution in [0.3, 0.4) is 0 Å². The molecule has 80 valence electrons. The molecule has 0 aliphatic carbocycles. The monoisotopic (exact) mass is 208 g/mol. The molecule has 0 saturated heterocycles. The zero-order chi connectivity index (χ0) is 10.7. The van der Waals surface area contributed by atoms with Gasteiger partial charge in [0.25, 0.3) is 0 Å². The molecule has 0 aromatic carbocycles. The summed E-state index contributed by atoms with van der Waals surface area (Å²) in [6, 6.07) is 3.47. The summed E-state index contributed by atoms with van der Waals surface area (Å²) in [4.78, 5) is 15.3. The zero-order valence-corrected chi connectivity index (χ0v) is 8.45. The summed E-state index contributed by atoms with van der Waals surface area (Å²) in [5, 5.41) is 3.18. The van der Waals surface area contributed by atoms with Crippen molar-refractivity contribution in [3.8, 4) is 5.88 Å². The Morgan fingerprint density at radius 2 is 2.47 bits per heavy atom. The maximum absolute atomic E-state index is 11.2. The highest BCUT2D eigenvalue weighted by Crippen LogP contribution is 2.18. The molecule has 1 aliphatic heterocycles. The molecule has 0 amide bonds. The molecular weight excluding hydrogens is 196 g/mol. The summed E-state index contributed by atoms with van der Waals surface area (Å²) in [5.74, 6) is 0.0708. The van der Waals surface area contributed by atoms with E-state index in [0.29, 0.717) is 19.0 Å². The number of pyridine rings is 1. The quantitative estimate of drug-likeness (QED) is 0.675. The highest BCUT2D eigenvalue weighted by atomic mass is 16.5. The molecule has 0 bridgehead atoms. The summed E-state index contributed by atoms with van der Waals surface area (Å²) < 4.78 is 9.99. The van der Waals surface area contributed by atoms with Gasteiger partial charge in [0.1, 0.15) is 6.61 Å². The number of hydrogen-bond donors (Lipinski definition) is 1. The van der Waals surface area contributed by atoms with E-state index in [0.717, 1.165) is 12.1 Å². The van der Waals surface area contributed by atoms with Gasteiger partial charge < -0.3 is 14.8 Å². The number of nitrogens with zero attached hydrogens (tertiary/aromatic N) is 1. The summed E-state index contributed by atoms with van der Waals surface area (Å²) >= 11 is 0. The summed E-state index contributed by atoms with van der Waals surface area (Å²) in [5.41, 5.74) is 1.23. The molecule has 1 aliphatic rings. The normalized spacial score (nSPS) is 14.7. The first-order valence-electron chi connectivity index (χ1n) is 4.73. The fourth-order valence-corrected chi connectivity index (χ4v) is 1.39. The first-order valence-corrected chi connectivity index (χ1v) is 4.73. The van der Waals surface area contributed by atoms with Crippen LogP contribution >= 0.6 is 0 Å². The Balaban J connectivity index is 2.31. The van der Waals surface area contributed by atoms with E-state index >= 15 is 0 Å². The number of esters is 1. The van der Waals surface area contributed by atoms with Crippen LogP contribution in [0.15, 0.2) is 12.1 Å². The average molecular weight is 208 g/mol. The maximum atomic E-state index is 11.2. The van der Waals surface area contributed by atoms with Crippen LogP contribution in [0.25, 0.3) is 0 Å². The van der Waals surface area contributed by atoms with Crippen LogP contribution in [0.4, 0.5) is 0 Å². The summed E-state index contributed by atoms with van der Waals surface area (Å²) in [6.45, 7) is 2.05. The third kappa shape index (κ3) is 2.07. The van der Waals surface area contributed by atoms with Gasteiger partial charge in [0, 0.05) is 18.7 Å². The smallest absolute Gasteiger partial charge is 0.356 e. The Morgan fingerprint density at radius 3 is 3.27 bits per heavy atom.